The van der Waals surface area contributed by atoms with Crippen molar-refractivity contribution in [2.45, 2.75) is 32.1 Å². The first-order valence-electron chi connectivity index (χ1n) is 5.22. The van der Waals surface area contributed by atoms with Crippen LogP contribution >= 0.6 is 0 Å². The van der Waals surface area contributed by atoms with Gasteiger partial charge >= 0.3 is 0 Å². The molecule has 2 N–H and O–H groups in total. The molecule has 2 amide bonds. The van der Waals surface area contributed by atoms with E-state index in [0.717, 1.165) is 12.8 Å². The molecule has 1 aliphatic heterocycles. The van der Waals surface area contributed by atoms with E-state index in [4.69, 9.17) is 10.1 Å². The molecule has 1 aliphatic carbocycles. The van der Waals surface area contributed by atoms with Gasteiger partial charge in [-0.3, -0.25) is 14.9 Å². The van der Waals surface area contributed by atoms with E-state index in [0.29, 0.717) is 11.5 Å². The summed E-state index contributed by atoms with van der Waals surface area (Å²) in [4.78, 5) is 30.3. The zero-order valence-electron chi connectivity index (χ0n) is 8.81. The van der Waals surface area contributed by atoms with Gasteiger partial charge in [-0.15, -0.1) is 4.91 Å². The molecule has 1 heterocycles. The van der Waals surface area contributed by atoms with Crippen LogP contribution in [0.3, 0.4) is 0 Å². The molecule has 6 heteroatoms. The first-order chi connectivity index (χ1) is 7.69. The lowest BCUT2D eigenvalue weighted by Crippen LogP contribution is -2.24. The molecule has 0 radical (unpaired) electrons. The SMILES string of the molecule is O=C1C=C(C2CCCCC2)C(=O)N1.O=NO. The predicted octanol–water partition coefficient (Wildman–Crippen LogP) is 1.29. The summed E-state index contributed by atoms with van der Waals surface area (Å²) in [6.07, 6.45) is 7.23. The molecule has 88 valence electrons. The van der Waals surface area contributed by atoms with Gasteiger partial charge in [0.1, 0.15) is 0 Å². The molecule has 6 nitrogen and oxygen atoms in total. The van der Waals surface area contributed by atoms with Crippen molar-refractivity contribution in [3.63, 3.8) is 0 Å². The molecular formula is C10H14N2O4. The second kappa shape index (κ2) is 5.99. The van der Waals surface area contributed by atoms with Crippen LogP contribution < -0.4 is 5.32 Å². The zero-order chi connectivity index (χ0) is 12.0. The first kappa shape index (κ1) is 12.4. The number of hydrogen-bond acceptors (Lipinski definition) is 4. The van der Waals surface area contributed by atoms with Crippen molar-refractivity contribution in [3.05, 3.63) is 16.6 Å². The molecule has 16 heavy (non-hydrogen) atoms. The molecule has 2 rings (SSSR count). The summed E-state index contributed by atoms with van der Waals surface area (Å²) >= 11 is 0. The van der Waals surface area contributed by atoms with Gasteiger partial charge < -0.3 is 5.21 Å². The first-order valence-corrected chi connectivity index (χ1v) is 5.22. The van der Waals surface area contributed by atoms with Crippen LogP contribution in [0.1, 0.15) is 32.1 Å². The standard InChI is InChI=1S/C10H13NO2.HNO2/c12-9-6-8(10(13)11-9)7-4-2-1-3-5-7;2-1-3/h6-7H,1-5H2,(H,11,12,13);(H,2,3). The number of carbonyl (C=O) groups excluding carboxylic acids is 2. The molecular weight excluding hydrogens is 212 g/mol. The van der Waals surface area contributed by atoms with E-state index in [1.54, 1.807) is 0 Å². The predicted molar refractivity (Wildman–Crippen MR) is 55.4 cm³/mol. The maximum atomic E-state index is 11.3. The smallest absolute Gasteiger partial charge is 0.254 e. The Labute approximate surface area is 92.6 Å². The van der Waals surface area contributed by atoms with E-state index in [1.807, 2.05) is 0 Å². The van der Waals surface area contributed by atoms with Gasteiger partial charge in [-0.1, -0.05) is 19.3 Å². The van der Waals surface area contributed by atoms with E-state index in [-0.39, 0.29) is 11.8 Å². The molecule has 1 fully saturated rings. The topological polar surface area (TPSA) is 95.8 Å². The number of rotatable bonds is 1. The molecule has 0 unspecified atom stereocenters. The van der Waals surface area contributed by atoms with Crippen molar-refractivity contribution in [3.8, 4) is 0 Å². The summed E-state index contributed by atoms with van der Waals surface area (Å²) in [5, 5.41) is 10.2. The molecule has 2 aliphatic rings. The Morgan fingerprint density at radius 2 is 1.81 bits per heavy atom. The summed E-state index contributed by atoms with van der Waals surface area (Å²) in [5.41, 5.74) is 0.713. The fourth-order valence-electron chi connectivity index (χ4n) is 2.14. The quantitative estimate of drug-likeness (QED) is 0.400. The lowest BCUT2D eigenvalue weighted by molar-refractivity contribution is -0.124. The van der Waals surface area contributed by atoms with E-state index in [2.05, 4.69) is 5.32 Å². The number of amides is 2. The molecule has 0 aromatic rings. The Morgan fingerprint density at radius 1 is 1.25 bits per heavy atom. The third-order valence-electron chi connectivity index (χ3n) is 2.83. The molecule has 1 saturated carbocycles. The van der Waals surface area contributed by atoms with E-state index >= 15 is 0 Å². The van der Waals surface area contributed by atoms with Crippen molar-refractivity contribution < 1.29 is 14.8 Å². The van der Waals surface area contributed by atoms with Crippen LogP contribution in [0.2, 0.25) is 0 Å². The summed E-state index contributed by atoms with van der Waals surface area (Å²) in [7, 11) is 0. The fourth-order valence-corrected chi connectivity index (χ4v) is 2.14. The van der Waals surface area contributed by atoms with Gasteiger partial charge in [0.05, 0.1) is 0 Å². The van der Waals surface area contributed by atoms with Gasteiger partial charge in [0.25, 0.3) is 11.8 Å². The normalized spacial score (nSPS) is 20.6. The van der Waals surface area contributed by atoms with Crippen molar-refractivity contribution in [1.82, 2.24) is 5.32 Å². The number of nitrogens with zero attached hydrogens (tertiary/aromatic N) is 1. The minimum atomic E-state index is -0.245. The monoisotopic (exact) mass is 226 g/mol. The largest absolute Gasteiger partial charge is 0.379 e. The van der Waals surface area contributed by atoms with Crippen molar-refractivity contribution in [2.24, 2.45) is 11.3 Å². The molecule has 0 aromatic heterocycles. The Hall–Kier alpha value is -1.72. The van der Waals surface area contributed by atoms with Gasteiger partial charge in [-0.2, -0.15) is 0 Å². The lowest BCUT2D eigenvalue weighted by atomic mass is 9.84. The highest BCUT2D eigenvalue weighted by atomic mass is 16.6. The van der Waals surface area contributed by atoms with Crippen molar-refractivity contribution >= 4 is 11.8 Å². The summed E-state index contributed by atoms with van der Waals surface area (Å²) < 4.78 is 0. The van der Waals surface area contributed by atoms with E-state index in [1.165, 1.54) is 30.7 Å². The fraction of sp³-hybridized carbons (Fsp3) is 0.600. The maximum absolute atomic E-state index is 11.3. The highest BCUT2D eigenvalue weighted by Gasteiger charge is 2.28. The van der Waals surface area contributed by atoms with Crippen LogP contribution in [0.15, 0.2) is 17.0 Å². The maximum Gasteiger partial charge on any atom is 0.254 e. The summed E-state index contributed by atoms with van der Waals surface area (Å²) in [6.45, 7) is 0. The molecule has 0 atom stereocenters. The summed E-state index contributed by atoms with van der Waals surface area (Å²) in [6, 6.07) is 0. The number of hydrogen-bond donors (Lipinski definition) is 2. The second-order valence-electron chi connectivity index (χ2n) is 3.83. The Bertz CT molecular complexity index is 319. The summed E-state index contributed by atoms with van der Waals surface area (Å²) in [5.74, 6) is -0.0809. The minimum absolute atomic E-state index is 0.170. The minimum Gasteiger partial charge on any atom is -0.379 e. The van der Waals surface area contributed by atoms with Crippen LogP contribution in [0, 0.1) is 10.8 Å². The lowest BCUT2D eigenvalue weighted by Gasteiger charge is -2.21. The zero-order valence-corrected chi connectivity index (χ0v) is 8.81. The Kier molecular flexibility index (Phi) is 4.63. The average molecular weight is 226 g/mol. The number of nitrogens with one attached hydrogen (secondary N) is 1. The Balaban J connectivity index is 0.000000386. The van der Waals surface area contributed by atoms with Gasteiger partial charge in [0.2, 0.25) is 0 Å². The van der Waals surface area contributed by atoms with Crippen molar-refractivity contribution in [1.29, 1.82) is 0 Å². The highest BCUT2D eigenvalue weighted by Crippen LogP contribution is 2.30. The van der Waals surface area contributed by atoms with Crippen LogP contribution in [0.5, 0.6) is 0 Å². The van der Waals surface area contributed by atoms with E-state index in [9.17, 15) is 9.59 Å². The van der Waals surface area contributed by atoms with Gasteiger partial charge in [0, 0.05) is 11.6 Å². The molecule has 0 spiro atoms. The van der Waals surface area contributed by atoms with Gasteiger partial charge in [0.15, 0.2) is 5.34 Å². The second-order valence-corrected chi connectivity index (χ2v) is 3.83. The van der Waals surface area contributed by atoms with Gasteiger partial charge in [-0.25, -0.2) is 0 Å². The number of imide groups is 1. The molecule has 0 saturated heterocycles. The van der Waals surface area contributed by atoms with E-state index < -0.39 is 0 Å². The highest BCUT2D eigenvalue weighted by molar-refractivity contribution is 6.16. The van der Waals surface area contributed by atoms with Crippen LogP contribution in [-0.4, -0.2) is 17.0 Å². The Morgan fingerprint density at radius 3 is 2.25 bits per heavy atom. The third-order valence-corrected chi connectivity index (χ3v) is 2.83. The van der Waals surface area contributed by atoms with Crippen LogP contribution in [0.25, 0.3) is 0 Å². The van der Waals surface area contributed by atoms with Crippen LogP contribution in [-0.2, 0) is 9.59 Å². The van der Waals surface area contributed by atoms with Crippen LogP contribution in [0.4, 0.5) is 0 Å². The third kappa shape index (κ3) is 3.15. The number of carbonyl (C=O) groups is 2. The molecule has 0 aromatic carbocycles. The average Bonchev–Trinajstić information content (AvgIpc) is 2.60. The molecule has 0 bridgehead atoms. The van der Waals surface area contributed by atoms with Crippen molar-refractivity contribution in [2.75, 3.05) is 0 Å². The van der Waals surface area contributed by atoms with Gasteiger partial charge in [-0.05, 0) is 18.8 Å².